The van der Waals surface area contributed by atoms with Crippen LogP contribution < -0.4 is 19.1 Å². The van der Waals surface area contributed by atoms with E-state index in [4.69, 9.17) is 14.2 Å². The molecule has 172 valence electrons. The summed E-state index contributed by atoms with van der Waals surface area (Å²) in [5.74, 6) is -0.547. The molecule has 0 radical (unpaired) electrons. The van der Waals surface area contributed by atoms with Crippen LogP contribution in [0.5, 0.6) is 17.2 Å². The van der Waals surface area contributed by atoms with Gasteiger partial charge in [-0.2, -0.15) is 4.99 Å². The van der Waals surface area contributed by atoms with Crippen molar-refractivity contribution in [3.8, 4) is 17.2 Å². The number of anilines is 1. The van der Waals surface area contributed by atoms with Crippen LogP contribution in [0.25, 0.3) is 6.08 Å². The molecule has 2 amide bonds. The van der Waals surface area contributed by atoms with Crippen molar-refractivity contribution in [1.29, 1.82) is 0 Å². The summed E-state index contributed by atoms with van der Waals surface area (Å²) in [5, 5.41) is 0.275. The van der Waals surface area contributed by atoms with Gasteiger partial charge in [-0.3, -0.25) is 19.3 Å². The molecule has 0 aliphatic carbocycles. The summed E-state index contributed by atoms with van der Waals surface area (Å²) in [5.41, 5.74) is 3.31. The number of aliphatic imine (C=N–C) groups is 1. The second kappa shape index (κ2) is 9.91. The van der Waals surface area contributed by atoms with E-state index in [1.54, 1.807) is 18.2 Å². The minimum atomic E-state index is -0.520. The number of nitrogens with zero attached hydrogens (tertiary/aromatic N) is 2. The molecule has 2 aromatic rings. The van der Waals surface area contributed by atoms with E-state index < -0.39 is 11.9 Å². The molecule has 1 heterocycles. The van der Waals surface area contributed by atoms with Crippen LogP contribution in [0, 0.1) is 13.8 Å². The summed E-state index contributed by atoms with van der Waals surface area (Å²) < 4.78 is 15.9. The van der Waals surface area contributed by atoms with Crippen LogP contribution in [-0.4, -0.2) is 37.2 Å². The summed E-state index contributed by atoms with van der Waals surface area (Å²) in [6, 6.07) is 8.87. The van der Waals surface area contributed by atoms with Crippen LogP contribution in [0.4, 0.5) is 5.69 Å². The van der Waals surface area contributed by atoms with Crippen molar-refractivity contribution in [2.75, 3.05) is 19.1 Å². The van der Waals surface area contributed by atoms with Gasteiger partial charge < -0.3 is 14.2 Å². The molecular formula is C24H24N2O6S. The Hall–Kier alpha value is -3.59. The molecule has 9 heteroatoms. The van der Waals surface area contributed by atoms with E-state index in [-0.39, 0.29) is 28.3 Å². The van der Waals surface area contributed by atoms with E-state index >= 15 is 0 Å². The van der Waals surface area contributed by atoms with Crippen molar-refractivity contribution in [1.82, 2.24) is 0 Å². The van der Waals surface area contributed by atoms with Crippen molar-refractivity contribution in [2.45, 2.75) is 27.7 Å². The number of hydrogen-bond donors (Lipinski definition) is 0. The molecule has 0 atom stereocenters. The first-order valence-corrected chi connectivity index (χ1v) is 10.8. The zero-order valence-corrected chi connectivity index (χ0v) is 20.0. The molecule has 1 aliphatic heterocycles. The number of benzene rings is 2. The molecule has 0 N–H and O–H groups in total. The van der Waals surface area contributed by atoms with Crippen molar-refractivity contribution in [3.63, 3.8) is 0 Å². The van der Waals surface area contributed by atoms with Crippen LogP contribution in [0.3, 0.4) is 0 Å². The highest BCUT2D eigenvalue weighted by Gasteiger charge is 2.35. The van der Waals surface area contributed by atoms with Crippen molar-refractivity contribution >= 4 is 46.5 Å². The highest BCUT2D eigenvalue weighted by molar-refractivity contribution is 8.19. The number of hydrogen-bond acceptors (Lipinski definition) is 7. The van der Waals surface area contributed by atoms with E-state index in [1.807, 2.05) is 32.0 Å². The fourth-order valence-corrected chi connectivity index (χ4v) is 4.18. The van der Waals surface area contributed by atoms with Crippen LogP contribution in [0.15, 0.2) is 40.2 Å². The molecule has 2 aromatic carbocycles. The van der Waals surface area contributed by atoms with Gasteiger partial charge in [0.25, 0.3) is 5.91 Å². The van der Waals surface area contributed by atoms with Gasteiger partial charge in [0.05, 0.1) is 24.8 Å². The third-order valence-corrected chi connectivity index (χ3v) is 5.80. The topological polar surface area (TPSA) is 94.5 Å². The van der Waals surface area contributed by atoms with Crippen LogP contribution >= 0.6 is 11.8 Å². The minimum absolute atomic E-state index is 0.149. The zero-order valence-electron chi connectivity index (χ0n) is 19.2. The van der Waals surface area contributed by atoms with E-state index in [0.29, 0.717) is 16.2 Å². The van der Waals surface area contributed by atoms with E-state index in [1.165, 1.54) is 33.0 Å². The summed E-state index contributed by atoms with van der Waals surface area (Å²) in [7, 11) is 2.88. The monoisotopic (exact) mass is 468 g/mol. The molecule has 0 aromatic heterocycles. The Morgan fingerprint density at radius 3 is 2.15 bits per heavy atom. The molecular weight excluding hydrogens is 444 g/mol. The molecule has 3 rings (SSSR count). The average molecular weight is 469 g/mol. The van der Waals surface area contributed by atoms with Gasteiger partial charge in [-0.25, -0.2) is 0 Å². The Morgan fingerprint density at radius 1 is 1.00 bits per heavy atom. The first kappa shape index (κ1) is 24.1. The maximum atomic E-state index is 13.3. The molecule has 0 saturated carbocycles. The van der Waals surface area contributed by atoms with Crippen LogP contribution in [0.1, 0.15) is 30.5 Å². The predicted molar refractivity (Wildman–Crippen MR) is 128 cm³/mol. The lowest BCUT2D eigenvalue weighted by molar-refractivity contribution is -0.132. The standard InChI is InChI=1S/C24H24N2O6S/c1-13-7-8-18(9-14(13)2)26-23(29)21(33-24(26)25-15(3)27)12-17-10-19(30-5)22(32-16(4)28)20(11-17)31-6/h7-12H,1-6H3/b21-12-,25-24?. The summed E-state index contributed by atoms with van der Waals surface area (Å²) >= 11 is 1.10. The number of ether oxygens (including phenoxy) is 3. The zero-order chi connectivity index (χ0) is 24.3. The fourth-order valence-electron chi connectivity index (χ4n) is 3.16. The lowest BCUT2D eigenvalue weighted by atomic mass is 10.1. The van der Waals surface area contributed by atoms with Gasteiger partial charge >= 0.3 is 5.97 Å². The number of carbonyl (C=O) groups excluding carboxylic acids is 3. The number of carbonyl (C=O) groups is 3. The van der Waals surface area contributed by atoms with Crippen molar-refractivity contribution in [2.24, 2.45) is 4.99 Å². The Labute approximate surface area is 196 Å². The summed E-state index contributed by atoms with van der Waals surface area (Å²) in [4.78, 5) is 42.3. The van der Waals surface area contributed by atoms with Gasteiger partial charge in [0.2, 0.25) is 11.7 Å². The Balaban J connectivity index is 2.08. The molecule has 8 nitrogen and oxygen atoms in total. The van der Waals surface area contributed by atoms with Gasteiger partial charge in [0.1, 0.15) is 0 Å². The molecule has 1 fully saturated rings. The molecule has 33 heavy (non-hydrogen) atoms. The maximum Gasteiger partial charge on any atom is 0.308 e. The van der Waals surface area contributed by atoms with Gasteiger partial charge in [0.15, 0.2) is 16.7 Å². The lowest BCUT2D eigenvalue weighted by Crippen LogP contribution is -2.29. The number of amides is 2. The van der Waals surface area contributed by atoms with Gasteiger partial charge in [-0.05, 0) is 72.6 Å². The van der Waals surface area contributed by atoms with Crippen molar-refractivity contribution in [3.05, 3.63) is 51.9 Å². The SMILES string of the molecule is COc1cc(/C=C2\SC(=NC(C)=O)N(c3ccc(C)c(C)c3)C2=O)cc(OC)c1OC(C)=O. The van der Waals surface area contributed by atoms with E-state index in [2.05, 4.69) is 4.99 Å². The normalized spacial score (nSPS) is 15.8. The third kappa shape index (κ3) is 5.25. The quantitative estimate of drug-likeness (QED) is 0.367. The average Bonchev–Trinajstić information content (AvgIpc) is 3.04. The number of rotatable bonds is 5. The molecule has 1 aliphatic rings. The van der Waals surface area contributed by atoms with Gasteiger partial charge in [0, 0.05) is 13.8 Å². The fraction of sp³-hybridized carbons (Fsp3) is 0.250. The first-order chi connectivity index (χ1) is 15.6. The second-order valence-electron chi connectivity index (χ2n) is 7.28. The smallest absolute Gasteiger partial charge is 0.308 e. The first-order valence-electron chi connectivity index (χ1n) is 9.99. The van der Waals surface area contributed by atoms with Crippen LogP contribution in [-0.2, 0) is 14.4 Å². The highest BCUT2D eigenvalue weighted by Crippen LogP contribution is 2.41. The van der Waals surface area contributed by atoms with Gasteiger partial charge in [-0.15, -0.1) is 0 Å². The minimum Gasteiger partial charge on any atom is -0.493 e. The molecule has 0 bridgehead atoms. The molecule has 0 unspecified atom stereocenters. The molecule has 1 saturated heterocycles. The number of aryl methyl sites for hydroxylation is 2. The number of methoxy groups -OCH3 is 2. The highest BCUT2D eigenvalue weighted by atomic mass is 32.2. The summed E-state index contributed by atoms with van der Waals surface area (Å²) in [6.45, 7) is 6.55. The van der Waals surface area contributed by atoms with E-state index in [9.17, 15) is 14.4 Å². The van der Waals surface area contributed by atoms with Gasteiger partial charge in [-0.1, -0.05) is 6.07 Å². The van der Waals surface area contributed by atoms with E-state index in [0.717, 1.165) is 22.9 Å². The van der Waals surface area contributed by atoms with Crippen molar-refractivity contribution < 1.29 is 28.6 Å². The Kier molecular flexibility index (Phi) is 7.23. The Bertz CT molecular complexity index is 1180. The molecule has 0 spiro atoms. The number of amidine groups is 1. The number of thioether (sulfide) groups is 1. The second-order valence-corrected chi connectivity index (χ2v) is 8.29. The van der Waals surface area contributed by atoms with Crippen LogP contribution in [0.2, 0.25) is 0 Å². The Morgan fingerprint density at radius 2 is 1.64 bits per heavy atom. The largest absolute Gasteiger partial charge is 0.493 e. The predicted octanol–water partition coefficient (Wildman–Crippen LogP) is 4.27. The third-order valence-electron chi connectivity index (χ3n) is 4.83. The maximum absolute atomic E-state index is 13.3. The number of esters is 1. The summed E-state index contributed by atoms with van der Waals surface area (Å²) in [6.07, 6.45) is 1.65. The lowest BCUT2D eigenvalue weighted by Gasteiger charge is -2.16.